The molecule has 0 aliphatic rings. The number of methoxy groups -OCH3 is 1. The van der Waals surface area contributed by atoms with Gasteiger partial charge in [-0.15, -0.1) is 0 Å². The highest BCUT2D eigenvalue weighted by Gasteiger charge is 2.10. The van der Waals surface area contributed by atoms with Gasteiger partial charge in [0.15, 0.2) is 0 Å². The molecule has 0 saturated heterocycles. The highest BCUT2D eigenvalue weighted by molar-refractivity contribution is 9.09. The van der Waals surface area contributed by atoms with Crippen LogP contribution in [-0.2, 0) is 9.53 Å². The Bertz CT molecular complexity index is 82.1. The predicted octanol–water partition coefficient (Wildman–Crippen LogP) is -0.118. The van der Waals surface area contributed by atoms with Gasteiger partial charge < -0.3 is 10.5 Å². The van der Waals surface area contributed by atoms with Crippen molar-refractivity contribution in [2.24, 2.45) is 5.73 Å². The molecule has 0 rings (SSSR count). The first-order valence-corrected chi connectivity index (χ1v) is 3.22. The zero-order chi connectivity index (χ0) is 6.57. The summed E-state index contributed by atoms with van der Waals surface area (Å²) in [5, 5.41) is 0.457. The summed E-state index contributed by atoms with van der Waals surface area (Å²) in [5.74, 6) is -0.440. The summed E-state index contributed by atoms with van der Waals surface area (Å²) in [6.45, 7) is 0. The molecule has 0 heterocycles. The molecule has 48 valence electrons. The standard InChI is InChI=1S/C4H8BrNO2/c1-8-3(2-5)4(6)7/h3H,2H2,1H3,(H2,6,7). The fourth-order valence-corrected chi connectivity index (χ4v) is 0.839. The topological polar surface area (TPSA) is 52.3 Å². The first kappa shape index (κ1) is 7.91. The van der Waals surface area contributed by atoms with E-state index in [1.165, 1.54) is 7.11 Å². The van der Waals surface area contributed by atoms with E-state index in [1.54, 1.807) is 0 Å². The zero-order valence-electron chi connectivity index (χ0n) is 4.56. The van der Waals surface area contributed by atoms with Crippen molar-refractivity contribution in [2.75, 3.05) is 12.4 Å². The maximum Gasteiger partial charge on any atom is 0.247 e. The molecule has 3 nitrogen and oxygen atoms in total. The number of ether oxygens (including phenoxy) is 1. The molecular weight excluding hydrogens is 174 g/mol. The van der Waals surface area contributed by atoms with Crippen molar-refractivity contribution in [1.29, 1.82) is 0 Å². The number of carbonyl (C=O) groups excluding carboxylic acids is 1. The van der Waals surface area contributed by atoms with Crippen LogP contribution < -0.4 is 5.73 Å². The SMILES string of the molecule is COC(CBr)C(N)=O. The van der Waals surface area contributed by atoms with E-state index in [0.717, 1.165) is 0 Å². The fourth-order valence-electron chi connectivity index (χ4n) is 0.255. The number of nitrogens with two attached hydrogens (primary N) is 1. The van der Waals surface area contributed by atoms with Gasteiger partial charge in [-0.25, -0.2) is 0 Å². The molecule has 4 heteroatoms. The molecule has 1 unspecified atom stereocenters. The molecule has 0 aliphatic carbocycles. The van der Waals surface area contributed by atoms with Crippen LogP contribution in [0.3, 0.4) is 0 Å². The molecule has 0 radical (unpaired) electrons. The predicted molar refractivity (Wildman–Crippen MR) is 33.8 cm³/mol. The Balaban J connectivity index is 3.52. The Hall–Kier alpha value is -0.0900. The van der Waals surface area contributed by atoms with Gasteiger partial charge in [-0.3, -0.25) is 4.79 Å². The molecular formula is C4H8BrNO2. The van der Waals surface area contributed by atoms with Gasteiger partial charge in [0, 0.05) is 12.4 Å². The van der Waals surface area contributed by atoms with E-state index in [9.17, 15) is 4.79 Å². The van der Waals surface area contributed by atoms with Gasteiger partial charge >= 0.3 is 0 Å². The van der Waals surface area contributed by atoms with Crippen molar-refractivity contribution in [2.45, 2.75) is 6.10 Å². The number of amides is 1. The molecule has 0 spiro atoms. The summed E-state index contributed by atoms with van der Waals surface area (Å²) in [4.78, 5) is 10.2. The number of primary amides is 1. The Morgan fingerprint density at radius 2 is 2.50 bits per heavy atom. The van der Waals surface area contributed by atoms with Crippen LogP contribution >= 0.6 is 15.9 Å². The third-order valence-corrected chi connectivity index (χ3v) is 1.33. The van der Waals surface area contributed by atoms with Crippen molar-refractivity contribution in [3.63, 3.8) is 0 Å². The second kappa shape index (κ2) is 3.86. The lowest BCUT2D eigenvalue weighted by Crippen LogP contribution is -2.31. The molecule has 0 aromatic carbocycles. The van der Waals surface area contributed by atoms with E-state index in [-0.39, 0.29) is 0 Å². The minimum atomic E-state index is -0.491. The molecule has 0 saturated carbocycles. The highest BCUT2D eigenvalue weighted by Crippen LogP contribution is 1.92. The number of halogens is 1. The van der Waals surface area contributed by atoms with Gasteiger partial charge in [0.1, 0.15) is 6.10 Å². The number of hydrogen-bond donors (Lipinski definition) is 1. The summed E-state index contributed by atoms with van der Waals surface area (Å²) in [7, 11) is 1.44. The Morgan fingerprint density at radius 1 is 2.00 bits per heavy atom. The van der Waals surface area contributed by atoms with Gasteiger partial charge in [0.25, 0.3) is 0 Å². The van der Waals surface area contributed by atoms with Crippen LogP contribution in [0.2, 0.25) is 0 Å². The van der Waals surface area contributed by atoms with E-state index >= 15 is 0 Å². The molecule has 0 bridgehead atoms. The summed E-state index contributed by atoms with van der Waals surface area (Å²) >= 11 is 3.05. The lowest BCUT2D eigenvalue weighted by molar-refractivity contribution is -0.126. The number of rotatable bonds is 3. The van der Waals surface area contributed by atoms with Crippen molar-refractivity contribution in [1.82, 2.24) is 0 Å². The van der Waals surface area contributed by atoms with E-state index < -0.39 is 12.0 Å². The van der Waals surface area contributed by atoms with E-state index in [4.69, 9.17) is 5.73 Å². The van der Waals surface area contributed by atoms with Crippen LogP contribution in [0, 0.1) is 0 Å². The summed E-state index contributed by atoms with van der Waals surface area (Å²) < 4.78 is 4.64. The van der Waals surface area contributed by atoms with Gasteiger partial charge in [0.2, 0.25) is 5.91 Å². The quantitative estimate of drug-likeness (QED) is 0.618. The summed E-state index contributed by atoms with van der Waals surface area (Å²) in [5.41, 5.74) is 4.86. The first-order valence-electron chi connectivity index (χ1n) is 2.10. The molecule has 0 fully saturated rings. The van der Waals surface area contributed by atoms with Crippen LogP contribution in [0.15, 0.2) is 0 Å². The Morgan fingerprint density at radius 3 is 2.50 bits per heavy atom. The van der Waals surface area contributed by atoms with Crippen LogP contribution in [0.4, 0.5) is 0 Å². The normalized spacial score (nSPS) is 13.2. The Labute approximate surface area is 56.3 Å². The molecule has 2 N–H and O–H groups in total. The molecule has 1 amide bonds. The van der Waals surface area contributed by atoms with Crippen molar-refractivity contribution < 1.29 is 9.53 Å². The smallest absolute Gasteiger partial charge is 0.247 e. The van der Waals surface area contributed by atoms with E-state index in [2.05, 4.69) is 20.7 Å². The lowest BCUT2D eigenvalue weighted by Gasteiger charge is -2.04. The molecule has 1 atom stereocenters. The average molecular weight is 182 g/mol. The number of carbonyl (C=O) groups is 1. The molecule has 8 heavy (non-hydrogen) atoms. The fraction of sp³-hybridized carbons (Fsp3) is 0.750. The zero-order valence-corrected chi connectivity index (χ0v) is 6.14. The second-order valence-electron chi connectivity index (χ2n) is 1.28. The van der Waals surface area contributed by atoms with Crippen molar-refractivity contribution in [3.8, 4) is 0 Å². The highest BCUT2D eigenvalue weighted by atomic mass is 79.9. The summed E-state index contributed by atoms with van der Waals surface area (Å²) in [6.07, 6.45) is -0.491. The van der Waals surface area contributed by atoms with Gasteiger partial charge in [-0.1, -0.05) is 15.9 Å². The molecule has 0 aromatic heterocycles. The number of alkyl halides is 1. The first-order chi connectivity index (χ1) is 3.72. The van der Waals surface area contributed by atoms with Gasteiger partial charge in [0.05, 0.1) is 0 Å². The van der Waals surface area contributed by atoms with Crippen LogP contribution in [0.1, 0.15) is 0 Å². The van der Waals surface area contributed by atoms with Crippen molar-refractivity contribution >= 4 is 21.8 Å². The van der Waals surface area contributed by atoms with Crippen LogP contribution in [0.25, 0.3) is 0 Å². The van der Waals surface area contributed by atoms with Crippen molar-refractivity contribution in [3.05, 3.63) is 0 Å². The van der Waals surface area contributed by atoms with Gasteiger partial charge in [-0.2, -0.15) is 0 Å². The molecule has 0 aliphatic heterocycles. The maximum atomic E-state index is 10.2. The monoisotopic (exact) mass is 181 g/mol. The van der Waals surface area contributed by atoms with Gasteiger partial charge in [-0.05, 0) is 0 Å². The average Bonchev–Trinajstić information content (AvgIpc) is 1.69. The minimum absolute atomic E-state index is 0.440. The third-order valence-electron chi connectivity index (χ3n) is 0.742. The van der Waals surface area contributed by atoms with E-state index in [1.807, 2.05) is 0 Å². The van der Waals surface area contributed by atoms with Crippen LogP contribution in [0.5, 0.6) is 0 Å². The lowest BCUT2D eigenvalue weighted by atomic mass is 10.4. The number of hydrogen-bond acceptors (Lipinski definition) is 2. The largest absolute Gasteiger partial charge is 0.371 e. The summed E-state index contributed by atoms with van der Waals surface area (Å²) in [6, 6.07) is 0. The second-order valence-corrected chi connectivity index (χ2v) is 1.93. The molecule has 0 aromatic rings. The Kier molecular flexibility index (Phi) is 3.81. The van der Waals surface area contributed by atoms with E-state index in [0.29, 0.717) is 5.33 Å². The maximum absolute atomic E-state index is 10.2. The minimum Gasteiger partial charge on any atom is -0.371 e. The van der Waals surface area contributed by atoms with Crippen LogP contribution in [-0.4, -0.2) is 24.5 Å². The third kappa shape index (κ3) is 2.28.